The Balaban J connectivity index is 1.09. The van der Waals surface area contributed by atoms with Crippen LogP contribution >= 0.6 is 11.3 Å². The lowest BCUT2D eigenvalue weighted by molar-refractivity contribution is -0.132. The zero-order chi connectivity index (χ0) is 29.9. The maximum atomic E-state index is 12.9. The smallest absolute Gasteiger partial charge is 0.223 e. The first-order chi connectivity index (χ1) is 21.6. The summed E-state index contributed by atoms with van der Waals surface area (Å²) < 4.78 is 6.69. The minimum Gasteiger partial charge on any atom is -0.378 e. The number of nitrogens with zero attached hydrogens (tertiary/aromatic N) is 5. The molecule has 0 aliphatic carbocycles. The van der Waals surface area contributed by atoms with Crippen molar-refractivity contribution in [3.8, 4) is 11.4 Å². The number of carbonyl (C=O) groups excluding carboxylic acids is 2. The standard InChI is InChI=1S/C34H32N6O3S/c41-25(10-9-23-5-2-1-3-6-23)11-12-31(42)39-15-13-24(14-16-39)30-21-29-32(44-30)34(40-17-19-43-20-18-40)37-33(36-29)26-7-4-8-28-27(26)22-35-38-28/h1-10,13,21-22H,11-12,14-20H2,(H,35,38)/b10-9+. The number of anilines is 1. The molecule has 0 saturated carbocycles. The van der Waals surface area contributed by atoms with E-state index in [2.05, 4.69) is 27.2 Å². The van der Waals surface area contributed by atoms with Crippen LogP contribution in [-0.4, -0.2) is 76.1 Å². The highest BCUT2D eigenvalue weighted by atomic mass is 32.1. The van der Waals surface area contributed by atoms with E-state index in [9.17, 15) is 9.59 Å². The van der Waals surface area contributed by atoms with Gasteiger partial charge in [0.2, 0.25) is 5.91 Å². The van der Waals surface area contributed by atoms with Crippen molar-refractivity contribution in [2.75, 3.05) is 44.3 Å². The number of H-pyrrole nitrogens is 1. The van der Waals surface area contributed by atoms with Gasteiger partial charge in [0.05, 0.1) is 35.1 Å². The largest absolute Gasteiger partial charge is 0.378 e. The predicted molar refractivity (Wildman–Crippen MR) is 174 cm³/mol. The molecule has 10 heteroatoms. The molecule has 2 aliphatic heterocycles. The second kappa shape index (κ2) is 12.5. The number of morpholine rings is 1. The molecule has 5 heterocycles. The Morgan fingerprint density at radius 3 is 2.68 bits per heavy atom. The van der Waals surface area contributed by atoms with Gasteiger partial charge in [-0.1, -0.05) is 54.6 Å². The lowest BCUT2D eigenvalue weighted by Gasteiger charge is -2.28. The van der Waals surface area contributed by atoms with Crippen LogP contribution in [0.25, 0.3) is 44.2 Å². The van der Waals surface area contributed by atoms with Crippen molar-refractivity contribution in [2.45, 2.75) is 19.3 Å². The number of benzene rings is 2. The van der Waals surface area contributed by atoms with Crippen LogP contribution in [-0.2, 0) is 14.3 Å². The lowest BCUT2D eigenvalue weighted by atomic mass is 10.1. The third-order valence-corrected chi connectivity index (χ3v) is 9.31. The Morgan fingerprint density at radius 1 is 1.00 bits per heavy atom. The molecular weight excluding hydrogens is 572 g/mol. The van der Waals surface area contributed by atoms with Gasteiger partial charge in [0.25, 0.3) is 0 Å². The molecule has 0 unspecified atom stereocenters. The van der Waals surface area contributed by atoms with Gasteiger partial charge in [-0.05, 0) is 35.8 Å². The van der Waals surface area contributed by atoms with Gasteiger partial charge in [-0.3, -0.25) is 14.7 Å². The van der Waals surface area contributed by atoms with Crippen molar-refractivity contribution >= 4 is 61.6 Å². The Hall–Kier alpha value is -4.67. The summed E-state index contributed by atoms with van der Waals surface area (Å²) in [5, 5.41) is 8.26. The fraction of sp³-hybridized carbons (Fsp3) is 0.265. The van der Waals surface area contributed by atoms with Crippen LogP contribution in [0.4, 0.5) is 5.82 Å². The van der Waals surface area contributed by atoms with Crippen LogP contribution < -0.4 is 4.90 Å². The Labute approximate surface area is 258 Å². The van der Waals surface area contributed by atoms with Crippen LogP contribution in [0.15, 0.2) is 72.9 Å². The monoisotopic (exact) mass is 604 g/mol. The van der Waals surface area contributed by atoms with Gasteiger partial charge in [-0.15, -0.1) is 11.3 Å². The summed E-state index contributed by atoms with van der Waals surface area (Å²) in [6.45, 7) is 4.05. The molecule has 7 rings (SSSR count). The van der Waals surface area contributed by atoms with Gasteiger partial charge in [0.15, 0.2) is 17.4 Å². The van der Waals surface area contributed by atoms with Gasteiger partial charge >= 0.3 is 0 Å². The number of fused-ring (bicyclic) bond motifs is 2. The normalized spacial score (nSPS) is 15.8. The molecule has 1 amide bonds. The minimum absolute atomic E-state index is 0.0108. The highest BCUT2D eigenvalue weighted by molar-refractivity contribution is 7.20. The van der Waals surface area contributed by atoms with Crippen LogP contribution in [0.3, 0.4) is 0 Å². The first-order valence-corrected chi connectivity index (χ1v) is 15.7. The van der Waals surface area contributed by atoms with Crippen molar-refractivity contribution in [3.63, 3.8) is 0 Å². The summed E-state index contributed by atoms with van der Waals surface area (Å²) in [5.74, 6) is 1.58. The predicted octanol–water partition coefficient (Wildman–Crippen LogP) is 5.75. The Morgan fingerprint density at radius 2 is 1.86 bits per heavy atom. The summed E-state index contributed by atoms with van der Waals surface area (Å²) >= 11 is 1.71. The Kier molecular flexibility index (Phi) is 8.00. The van der Waals surface area contributed by atoms with Gasteiger partial charge in [0.1, 0.15) is 0 Å². The number of ketones is 1. The summed E-state index contributed by atoms with van der Waals surface area (Å²) in [4.78, 5) is 40.7. The minimum atomic E-state index is -0.0405. The van der Waals surface area contributed by atoms with Crippen molar-refractivity contribution in [2.24, 2.45) is 0 Å². The van der Waals surface area contributed by atoms with E-state index in [0.717, 1.165) is 62.5 Å². The molecule has 222 valence electrons. The molecule has 5 aromatic rings. The summed E-state index contributed by atoms with van der Waals surface area (Å²) in [5.41, 5.74) is 4.99. The van der Waals surface area contributed by atoms with Crippen molar-refractivity contribution < 1.29 is 14.3 Å². The topological polar surface area (TPSA) is 104 Å². The maximum absolute atomic E-state index is 12.9. The average molecular weight is 605 g/mol. The fourth-order valence-corrected chi connectivity index (χ4v) is 6.87. The molecule has 2 aromatic carbocycles. The zero-order valence-corrected chi connectivity index (χ0v) is 25.1. The molecule has 1 N–H and O–H groups in total. The van der Waals surface area contributed by atoms with Crippen molar-refractivity contribution in [1.82, 2.24) is 25.1 Å². The van der Waals surface area contributed by atoms with Crippen molar-refractivity contribution in [3.05, 3.63) is 83.4 Å². The number of aromatic amines is 1. The van der Waals surface area contributed by atoms with E-state index in [1.165, 1.54) is 5.57 Å². The van der Waals surface area contributed by atoms with E-state index in [-0.39, 0.29) is 24.5 Å². The van der Waals surface area contributed by atoms with E-state index in [1.807, 2.05) is 59.6 Å². The number of hydrogen-bond acceptors (Lipinski definition) is 8. The third-order valence-electron chi connectivity index (χ3n) is 8.11. The van der Waals surface area contributed by atoms with Gasteiger partial charge < -0.3 is 14.5 Å². The molecular formula is C34H32N6O3S. The number of hydrogen-bond donors (Lipinski definition) is 1. The summed E-state index contributed by atoms with van der Waals surface area (Å²) in [6.07, 6.45) is 8.50. The van der Waals surface area contributed by atoms with Crippen molar-refractivity contribution in [1.29, 1.82) is 0 Å². The lowest BCUT2D eigenvalue weighted by Crippen LogP contribution is -2.36. The summed E-state index contributed by atoms with van der Waals surface area (Å²) in [6, 6.07) is 17.9. The molecule has 0 atom stereocenters. The van der Waals surface area contributed by atoms with Crippen LogP contribution in [0.5, 0.6) is 0 Å². The molecule has 0 radical (unpaired) electrons. The van der Waals surface area contributed by atoms with Crippen LogP contribution in [0.2, 0.25) is 0 Å². The number of ether oxygens (including phenoxy) is 1. The van der Waals surface area contributed by atoms with Gasteiger partial charge in [0, 0.05) is 54.8 Å². The number of amides is 1. The number of carbonyl (C=O) groups is 2. The molecule has 1 saturated heterocycles. The molecule has 3 aromatic heterocycles. The first-order valence-electron chi connectivity index (χ1n) is 14.9. The number of aromatic nitrogens is 4. The van der Waals surface area contributed by atoms with E-state index >= 15 is 0 Å². The van der Waals surface area contributed by atoms with E-state index in [1.54, 1.807) is 23.5 Å². The molecule has 44 heavy (non-hydrogen) atoms. The first kappa shape index (κ1) is 28.1. The zero-order valence-electron chi connectivity index (χ0n) is 24.2. The fourth-order valence-electron chi connectivity index (χ4n) is 5.69. The SMILES string of the molecule is O=C(/C=C/c1ccccc1)CCC(=O)N1CC=C(c2cc3nc(-c4cccc5[nH]ncc45)nc(N4CCOCC4)c3s2)CC1. The second-order valence-corrected chi connectivity index (χ2v) is 12.0. The highest BCUT2D eigenvalue weighted by Gasteiger charge is 2.24. The summed E-state index contributed by atoms with van der Waals surface area (Å²) in [7, 11) is 0. The number of thiophene rings is 1. The van der Waals surface area contributed by atoms with Crippen LogP contribution in [0.1, 0.15) is 29.7 Å². The van der Waals surface area contributed by atoms with Gasteiger partial charge in [-0.2, -0.15) is 5.10 Å². The van der Waals surface area contributed by atoms with E-state index in [0.29, 0.717) is 32.1 Å². The molecule has 0 spiro atoms. The average Bonchev–Trinajstić information content (AvgIpc) is 3.74. The molecule has 2 aliphatic rings. The second-order valence-electron chi connectivity index (χ2n) is 11.0. The Bertz CT molecular complexity index is 1890. The number of nitrogens with one attached hydrogen (secondary N) is 1. The highest BCUT2D eigenvalue weighted by Crippen LogP contribution is 2.39. The van der Waals surface area contributed by atoms with E-state index in [4.69, 9.17) is 14.7 Å². The number of allylic oxidation sites excluding steroid dienone is 1. The molecule has 0 bridgehead atoms. The van der Waals surface area contributed by atoms with E-state index < -0.39 is 0 Å². The molecule has 1 fully saturated rings. The van der Waals surface area contributed by atoms with Crippen LogP contribution in [0, 0.1) is 0 Å². The molecule has 9 nitrogen and oxygen atoms in total. The third kappa shape index (κ3) is 5.91. The number of rotatable bonds is 8. The quantitative estimate of drug-likeness (QED) is 0.225. The van der Waals surface area contributed by atoms with Gasteiger partial charge in [-0.25, -0.2) is 9.97 Å². The maximum Gasteiger partial charge on any atom is 0.223 e.